The van der Waals surface area contributed by atoms with Crippen LogP contribution in [0, 0.1) is 0 Å². The third kappa shape index (κ3) is 4.27. The highest BCUT2D eigenvalue weighted by Crippen LogP contribution is 2.37. The molecule has 1 aliphatic carbocycles. The van der Waals surface area contributed by atoms with Crippen LogP contribution in [0.5, 0.6) is 0 Å². The zero-order valence-electron chi connectivity index (χ0n) is 15.5. The first kappa shape index (κ1) is 18.1. The predicted molar refractivity (Wildman–Crippen MR) is 103 cm³/mol. The average molecular weight is 362 g/mol. The van der Waals surface area contributed by atoms with Gasteiger partial charge in [0, 0.05) is 10.4 Å². The maximum absolute atomic E-state index is 12.1. The van der Waals surface area contributed by atoms with E-state index in [1.54, 1.807) is 11.3 Å². The van der Waals surface area contributed by atoms with Gasteiger partial charge in [-0.2, -0.15) is 0 Å². The van der Waals surface area contributed by atoms with Crippen LogP contribution in [0.4, 0.5) is 5.82 Å². The molecule has 0 spiro atoms. The molecule has 1 aliphatic rings. The van der Waals surface area contributed by atoms with Crippen molar-refractivity contribution in [3.05, 3.63) is 16.3 Å². The maximum Gasteiger partial charge on any atom is 0.234 e. The second-order valence-electron chi connectivity index (χ2n) is 7.89. The summed E-state index contributed by atoms with van der Waals surface area (Å²) in [5.41, 5.74) is 7.37. The van der Waals surface area contributed by atoms with Crippen LogP contribution in [0.25, 0.3) is 10.2 Å². The van der Waals surface area contributed by atoms with Crippen molar-refractivity contribution in [2.45, 2.75) is 58.5 Å². The Labute approximate surface area is 152 Å². The second-order valence-corrected chi connectivity index (χ2v) is 8.97. The third-order valence-corrected chi connectivity index (χ3v) is 5.41. The molecule has 2 heterocycles. The number of aryl methyl sites for hydroxylation is 2. The fourth-order valence-electron chi connectivity index (χ4n) is 3.30. The van der Waals surface area contributed by atoms with Gasteiger partial charge in [-0.05, 0) is 59.1 Å². The quantitative estimate of drug-likeness (QED) is 0.874. The van der Waals surface area contributed by atoms with Crippen LogP contribution in [0.15, 0.2) is 0 Å². The number of amides is 1. The molecule has 0 fully saturated rings. The molecular formula is C18H27N5OS. The Morgan fingerprint density at radius 2 is 2.00 bits per heavy atom. The molecule has 0 saturated heterocycles. The fourth-order valence-corrected chi connectivity index (χ4v) is 4.59. The van der Waals surface area contributed by atoms with Gasteiger partial charge in [0.2, 0.25) is 5.91 Å². The van der Waals surface area contributed by atoms with E-state index in [2.05, 4.69) is 10.3 Å². The number of carbonyl (C=O) groups excluding carboxylic acids is 1. The number of fused-ring (bicyclic) bond motifs is 3. The van der Waals surface area contributed by atoms with Gasteiger partial charge in [0.05, 0.1) is 18.5 Å². The van der Waals surface area contributed by atoms with E-state index in [1.165, 1.54) is 23.3 Å². The highest BCUT2D eigenvalue weighted by Gasteiger charge is 2.21. The number of hydrogen-bond donors (Lipinski definition) is 2. The van der Waals surface area contributed by atoms with Crippen LogP contribution in [0.2, 0.25) is 0 Å². The van der Waals surface area contributed by atoms with Gasteiger partial charge < -0.3 is 11.1 Å². The fraction of sp³-hybridized carbons (Fsp3) is 0.611. The molecule has 0 atom stereocenters. The smallest absolute Gasteiger partial charge is 0.234 e. The predicted octanol–water partition coefficient (Wildman–Crippen LogP) is 2.50. The van der Waals surface area contributed by atoms with Crippen molar-refractivity contribution in [3.8, 4) is 0 Å². The van der Waals surface area contributed by atoms with Gasteiger partial charge >= 0.3 is 0 Å². The molecule has 136 valence electrons. The van der Waals surface area contributed by atoms with Gasteiger partial charge in [-0.15, -0.1) is 11.3 Å². The largest absolute Gasteiger partial charge is 0.383 e. The van der Waals surface area contributed by atoms with Crippen LogP contribution in [-0.2, 0) is 24.2 Å². The number of anilines is 1. The summed E-state index contributed by atoms with van der Waals surface area (Å²) in [4.78, 5) is 25.6. The van der Waals surface area contributed by atoms with Crippen molar-refractivity contribution in [2.75, 3.05) is 19.3 Å². The van der Waals surface area contributed by atoms with Crippen LogP contribution < -0.4 is 11.1 Å². The molecular weight excluding hydrogens is 334 g/mol. The van der Waals surface area contributed by atoms with Crippen LogP contribution in [-0.4, -0.2) is 39.9 Å². The Balaban J connectivity index is 1.75. The molecule has 0 aromatic carbocycles. The zero-order valence-corrected chi connectivity index (χ0v) is 16.3. The SMILES string of the molecule is CN(CC(=O)NC(C)(C)C)Cc1nc(N)c2c3c(sc2n1)CCCC3. The van der Waals surface area contributed by atoms with E-state index in [9.17, 15) is 4.79 Å². The normalized spacial score (nSPS) is 14.8. The Kier molecular flexibility index (Phi) is 4.97. The Hall–Kier alpha value is -1.73. The van der Waals surface area contributed by atoms with Gasteiger partial charge in [-0.25, -0.2) is 9.97 Å². The van der Waals surface area contributed by atoms with Gasteiger partial charge in [0.25, 0.3) is 0 Å². The molecule has 0 saturated carbocycles. The number of nitrogens with one attached hydrogen (secondary N) is 1. The van der Waals surface area contributed by atoms with Crippen molar-refractivity contribution >= 4 is 33.3 Å². The summed E-state index contributed by atoms with van der Waals surface area (Å²) in [6.07, 6.45) is 4.66. The Bertz CT molecular complexity index is 793. The first-order chi connectivity index (χ1) is 11.7. The lowest BCUT2D eigenvalue weighted by Gasteiger charge is -2.23. The minimum absolute atomic E-state index is 0.00404. The number of nitrogens with zero attached hydrogens (tertiary/aromatic N) is 3. The molecule has 3 rings (SSSR count). The highest BCUT2D eigenvalue weighted by atomic mass is 32.1. The number of nitrogen functional groups attached to an aromatic ring is 1. The van der Waals surface area contributed by atoms with Crippen LogP contribution in [0.3, 0.4) is 0 Å². The number of likely N-dealkylation sites (N-methyl/N-ethyl adjacent to an activating group) is 1. The summed E-state index contributed by atoms with van der Waals surface area (Å²) in [6, 6.07) is 0. The molecule has 0 bridgehead atoms. The Morgan fingerprint density at radius 3 is 2.72 bits per heavy atom. The first-order valence-corrected chi connectivity index (χ1v) is 9.61. The number of carbonyl (C=O) groups is 1. The number of aromatic nitrogens is 2. The van der Waals surface area contributed by atoms with E-state index in [4.69, 9.17) is 10.7 Å². The summed E-state index contributed by atoms with van der Waals surface area (Å²) in [5.74, 6) is 1.25. The molecule has 25 heavy (non-hydrogen) atoms. The van der Waals surface area contributed by atoms with E-state index < -0.39 is 0 Å². The molecule has 0 aliphatic heterocycles. The topological polar surface area (TPSA) is 84.1 Å². The maximum atomic E-state index is 12.1. The lowest BCUT2D eigenvalue weighted by Crippen LogP contribution is -2.45. The van der Waals surface area contributed by atoms with Gasteiger partial charge in [-0.1, -0.05) is 0 Å². The standard InChI is InChI=1S/C18H27N5OS/c1-18(2,3)22-14(24)10-23(4)9-13-20-16(19)15-11-7-5-6-8-12(11)25-17(15)21-13/h5-10H2,1-4H3,(H,22,24)(H2,19,20,21). The van der Waals surface area contributed by atoms with Crippen molar-refractivity contribution in [1.82, 2.24) is 20.2 Å². The van der Waals surface area contributed by atoms with Crippen molar-refractivity contribution < 1.29 is 4.79 Å². The molecule has 0 unspecified atom stereocenters. The molecule has 2 aromatic rings. The van der Waals surface area contributed by atoms with Gasteiger partial charge in [-0.3, -0.25) is 9.69 Å². The summed E-state index contributed by atoms with van der Waals surface area (Å²) in [7, 11) is 1.89. The van der Waals surface area contributed by atoms with Crippen molar-refractivity contribution in [3.63, 3.8) is 0 Å². The second kappa shape index (κ2) is 6.88. The monoisotopic (exact) mass is 361 g/mol. The first-order valence-electron chi connectivity index (χ1n) is 8.79. The summed E-state index contributed by atoms with van der Waals surface area (Å²) >= 11 is 1.75. The van der Waals surface area contributed by atoms with Crippen molar-refractivity contribution in [1.29, 1.82) is 0 Å². The number of thiophene rings is 1. The molecule has 7 heteroatoms. The van der Waals surface area contributed by atoms with E-state index in [-0.39, 0.29) is 11.4 Å². The molecule has 3 N–H and O–H groups in total. The molecule has 6 nitrogen and oxygen atoms in total. The summed E-state index contributed by atoms with van der Waals surface area (Å²) < 4.78 is 0. The highest BCUT2D eigenvalue weighted by molar-refractivity contribution is 7.19. The van der Waals surface area contributed by atoms with Gasteiger partial charge in [0.1, 0.15) is 16.5 Å². The Morgan fingerprint density at radius 1 is 1.28 bits per heavy atom. The molecule has 2 aromatic heterocycles. The van der Waals surface area contributed by atoms with Crippen molar-refractivity contribution in [2.24, 2.45) is 0 Å². The van der Waals surface area contributed by atoms with Gasteiger partial charge in [0.15, 0.2) is 0 Å². The average Bonchev–Trinajstić information content (AvgIpc) is 2.83. The minimum atomic E-state index is -0.228. The van der Waals surface area contributed by atoms with Crippen LogP contribution in [0.1, 0.15) is 49.9 Å². The molecule has 0 radical (unpaired) electrons. The van der Waals surface area contributed by atoms with E-state index in [0.29, 0.717) is 24.7 Å². The lowest BCUT2D eigenvalue weighted by molar-refractivity contribution is -0.123. The van der Waals surface area contributed by atoms with E-state index in [0.717, 1.165) is 23.1 Å². The number of hydrogen-bond acceptors (Lipinski definition) is 6. The summed E-state index contributed by atoms with van der Waals surface area (Å²) in [6.45, 7) is 6.73. The minimum Gasteiger partial charge on any atom is -0.383 e. The zero-order chi connectivity index (χ0) is 18.2. The van der Waals surface area contributed by atoms with E-state index >= 15 is 0 Å². The third-order valence-electron chi connectivity index (χ3n) is 4.23. The summed E-state index contributed by atoms with van der Waals surface area (Å²) in [5, 5.41) is 4.02. The number of nitrogens with two attached hydrogens (primary N) is 1. The lowest BCUT2D eigenvalue weighted by atomic mass is 9.97. The van der Waals surface area contributed by atoms with E-state index in [1.807, 2.05) is 32.7 Å². The van der Waals surface area contributed by atoms with Crippen LogP contribution >= 0.6 is 11.3 Å². The number of rotatable bonds is 4. The molecule has 1 amide bonds.